The molecule has 1 N–H and O–H groups in total. The molecular weight excluding hydrogens is 186 g/mol. The quantitative estimate of drug-likeness (QED) is 0.757. The minimum absolute atomic E-state index is 0.117. The summed E-state index contributed by atoms with van der Waals surface area (Å²) in [7, 11) is 0. The SMILES string of the molecule is CC(C)(C)CNC1=CC(=O)CC(C)(C)C1. The maximum atomic E-state index is 11.5. The molecule has 0 heterocycles. The van der Waals surface area contributed by atoms with Crippen molar-refractivity contribution in [2.75, 3.05) is 6.54 Å². The van der Waals surface area contributed by atoms with Gasteiger partial charge in [-0.25, -0.2) is 0 Å². The fraction of sp³-hybridized carbons (Fsp3) is 0.769. The topological polar surface area (TPSA) is 29.1 Å². The first kappa shape index (κ1) is 12.3. The van der Waals surface area contributed by atoms with Crippen LogP contribution < -0.4 is 5.32 Å². The fourth-order valence-corrected chi connectivity index (χ4v) is 1.84. The van der Waals surface area contributed by atoms with E-state index in [4.69, 9.17) is 0 Å². The molecule has 0 aromatic heterocycles. The Labute approximate surface area is 93.1 Å². The van der Waals surface area contributed by atoms with Gasteiger partial charge in [-0.1, -0.05) is 34.6 Å². The molecule has 0 amide bonds. The molecule has 0 aromatic carbocycles. The van der Waals surface area contributed by atoms with Crippen LogP contribution in [-0.2, 0) is 4.79 Å². The van der Waals surface area contributed by atoms with Gasteiger partial charge in [0.1, 0.15) is 0 Å². The number of hydrogen-bond donors (Lipinski definition) is 1. The molecule has 0 unspecified atom stereocenters. The standard InChI is InChI=1S/C13H23NO/c1-12(2,3)9-14-10-6-11(15)8-13(4,5)7-10/h6,14H,7-9H2,1-5H3. The van der Waals surface area contributed by atoms with E-state index >= 15 is 0 Å². The van der Waals surface area contributed by atoms with Gasteiger partial charge in [0.15, 0.2) is 5.78 Å². The zero-order chi connectivity index (χ0) is 11.7. The molecule has 86 valence electrons. The zero-order valence-corrected chi connectivity index (χ0v) is 10.6. The molecule has 0 saturated carbocycles. The lowest BCUT2D eigenvalue weighted by Gasteiger charge is -2.31. The van der Waals surface area contributed by atoms with Crippen molar-refractivity contribution < 1.29 is 4.79 Å². The van der Waals surface area contributed by atoms with Crippen LogP contribution in [0.15, 0.2) is 11.8 Å². The van der Waals surface area contributed by atoms with Crippen LogP contribution in [0.5, 0.6) is 0 Å². The van der Waals surface area contributed by atoms with E-state index in [9.17, 15) is 4.79 Å². The predicted molar refractivity (Wildman–Crippen MR) is 63.6 cm³/mol. The van der Waals surface area contributed by atoms with Crippen molar-refractivity contribution in [3.05, 3.63) is 11.8 Å². The van der Waals surface area contributed by atoms with Gasteiger partial charge in [0.2, 0.25) is 0 Å². The molecule has 1 rings (SSSR count). The van der Waals surface area contributed by atoms with Crippen molar-refractivity contribution in [2.45, 2.75) is 47.5 Å². The monoisotopic (exact) mass is 209 g/mol. The Kier molecular flexibility index (Phi) is 3.27. The van der Waals surface area contributed by atoms with Gasteiger partial charge in [-0.3, -0.25) is 4.79 Å². The van der Waals surface area contributed by atoms with Crippen molar-refractivity contribution in [3.8, 4) is 0 Å². The van der Waals surface area contributed by atoms with E-state index in [-0.39, 0.29) is 16.6 Å². The summed E-state index contributed by atoms with van der Waals surface area (Å²) in [6.45, 7) is 11.8. The van der Waals surface area contributed by atoms with Crippen molar-refractivity contribution >= 4 is 5.78 Å². The molecule has 2 nitrogen and oxygen atoms in total. The summed E-state index contributed by atoms with van der Waals surface area (Å²) in [4.78, 5) is 11.5. The summed E-state index contributed by atoms with van der Waals surface area (Å²) < 4.78 is 0. The van der Waals surface area contributed by atoms with Crippen LogP contribution in [0.1, 0.15) is 47.5 Å². The number of carbonyl (C=O) groups excluding carboxylic acids is 1. The molecule has 1 aliphatic carbocycles. The van der Waals surface area contributed by atoms with E-state index in [0.717, 1.165) is 18.7 Å². The van der Waals surface area contributed by atoms with Gasteiger partial charge < -0.3 is 5.32 Å². The maximum Gasteiger partial charge on any atom is 0.157 e. The van der Waals surface area contributed by atoms with Crippen LogP contribution in [-0.4, -0.2) is 12.3 Å². The first-order chi connectivity index (χ1) is 6.68. The number of nitrogens with one attached hydrogen (secondary N) is 1. The number of ketones is 1. The summed E-state index contributed by atoms with van der Waals surface area (Å²) in [6.07, 6.45) is 3.43. The second-order valence-electron chi connectivity index (χ2n) is 6.57. The average molecular weight is 209 g/mol. The lowest BCUT2D eigenvalue weighted by atomic mass is 9.78. The van der Waals surface area contributed by atoms with E-state index in [1.165, 1.54) is 0 Å². The second kappa shape index (κ2) is 3.99. The van der Waals surface area contributed by atoms with Gasteiger partial charge in [-0.05, 0) is 17.3 Å². The Morgan fingerprint density at radius 2 is 1.93 bits per heavy atom. The van der Waals surface area contributed by atoms with Crippen LogP contribution in [0.25, 0.3) is 0 Å². The highest BCUT2D eigenvalue weighted by Crippen LogP contribution is 2.32. The number of allylic oxidation sites excluding steroid dienone is 2. The first-order valence-corrected chi connectivity index (χ1v) is 5.65. The van der Waals surface area contributed by atoms with Crippen molar-refractivity contribution in [3.63, 3.8) is 0 Å². The van der Waals surface area contributed by atoms with Gasteiger partial charge in [0, 0.05) is 24.7 Å². The van der Waals surface area contributed by atoms with Gasteiger partial charge in [0.25, 0.3) is 0 Å². The number of hydrogen-bond acceptors (Lipinski definition) is 2. The zero-order valence-electron chi connectivity index (χ0n) is 10.6. The molecule has 0 fully saturated rings. The third-order valence-electron chi connectivity index (χ3n) is 2.50. The summed E-state index contributed by atoms with van der Waals surface area (Å²) in [5.74, 6) is 0.252. The van der Waals surface area contributed by atoms with Crippen LogP contribution >= 0.6 is 0 Å². The highest BCUT2D eigenvalue weighted by Gasteiger charge is 2.27. The average Bonchev–Trinajstić information content (AvgIpc) is 1.95. The Morgan fingerprint density at radius 3 is 2.40 bits per heavy atom. The predicted octanol–water partition coefficient (Wildman–Crippen LogP) is 2.90. The summed E-state index contributed by atoms with van der Waals surface area (Å²) in [5.41, 5.74) is 1.48. The minimum atomic E-state index is 0.117. The smallest absolute Gasteiger partial charge is 0.157 e. The largest absolute Gasteiger partial charge is 0.388 e. The lowest BCUT2D eigenvalue weighted by Crippen LogP contribution is -2.32. The molecule has 0 aromatic rings. The first-order valence-electron chi connectivity index (χ1n) is 5.65. The van der Waals surface area contributed by atoms with E-state index in [0.29, 0.717) is 6.42 Å². The van der Waals surface area contributed by atoms with E-state index < -0.39 is 0 Å². The Hall–Kier alpha value is -0.790. The fourth-order valence-electron chi connectivity index (χ4n) is 1.84. The Balaban J connectivity index is 2.59. The number of carbonyl (C=O) groups is 1. The number of rotatable bonds is 2. The van der Waals surface area contributed by atoms with Gasteiger partial charge in [-0.15, -0.1) is 0 Å². The lowest BCUT2D eigenvalue weighted by molar-refractivity contribution is -0.117. The van der Waals surface area contributed by atoms with Gasteiger partial charge in [-0.2, -0.15) is 0 Å². The third kappa shape index (κ3) is 4.50. The van der Waals surface area contributed by atoms with E-state index in [2.05, 4.69) is 39.9 Å². The third-order valence-corrected chi connectivity index (χ3v) is 2.50. The molecule has 0 radical (unpaired) electrons. The second-order valence-corrected chi connectivity index (χ2v) is 6.57. The Bertz CT molecular complexity index is 281. The summed E-state index contributed by atoms with van der Waals surface area (Å²) in [6, 6.07) is 0. The van der Waals surface area contributed by atoms with Crippen LogP contribution in [0.2, 0.25) is 0 Å². The molecule has 0 spiro atoms. The molecule has 2 heteroatoms. The van der Waals surface area contributed by atoms with Crippen LogP contribution in [0.4, 0.5) is 0 Å². The normalized spacial score (nSPS) is 21.1. The summed E-state index contributed by atoms with van der Waals surface area (Å²) >= 11 is 0. The summed E-state index contributed by atoms with van der Waals surface area (Å²) in [5, 5.41) is 3.39. The molecule has 15 heavy (non-hydrogen) atoms. The molecular formula is C13H23NO. The molecule has 0 bridgehead atoms. The van der Waals surface area contributed by atoms with Crippen molar-refractivity contribution in [1.29, 1.82) is 0 Å². The molecule has 0 saturated heterocycles. The highest BCUT2D eigenvalue weighted by molar-refractivity contribution is 5.91. The van der Waals surface area contributed by atoms with Gasteiger partial charge >= 0.3 is 0 Å². The van der Waals surface area contributed by atoms with E-state index in [1.54, 1.807) is 6.08 Å². The molecule has 1 aliphatic rings. The highest BCUT2D eigenvalue weighted by atomic mass is 16.1. The molecule has 0 aliphatic heterocycles. The van der Waals surface area contributed by atoms with Crippen LogP contribution in [0.3, 0.4) is 0 Å². The van der Waals surface area contributed by atoms with Gasteiger partial charge in [0.05, 0.1) is 0 Å². The minimum Gasteiger partial charge on any atom is -0.388 e. The van der Waals surface area contributed by atoms with Crippen molar-refractivity contribution in [1.82, 2.24) is 5.32 Å². The molecule has 0 atom stereocenters. The Morgan fingerprint density at radius 1 is 1.33 bits per heavy atom. The maximum absolute atomic E-state index is 11.5. The van der Waals surface area contributed by atoms with E-state index in [1.807, 2.05) is 0 Å². The van der Waals surface area contributed by atoms with Crippen molar-refractivity contribution in [2.24, 2.45) is 10.8 Å². The van der Waals surface area contributed by atoms with Crippen LogP contribution in [0, 0.1) is 10.8 Å².